The van der Waals surface area contributed by atoms with Crippen LogP contribution in [0.1, 0.15) is 18.4 Å². The summed E-state index contributed by atoms with van der Waals surface area (Å²) in [6.07, 6.45) is 2.68. The van der Waals surface area contributed by atoms with E-state index in [2.05, 4.69) is 41.5 Å². The van der Waals surface area contributed by atoms with Crippen LogP contribution < -0.4 is 5.32 Å². The van der Waals surface area contributed by atoms with Crippen molar-refractivity contribution in [1.29, 1.82) is 0 Å². The van der Waals surface area contributed by atoms with Gasteiger partial charge in [-0.1, -0.05) is 18.2 Å². The molecule has 1 fully saturated rings. The van der Waals surface area contributed by atoms with Crippen molar-refractivity contribution in [3.8, 4) is 0 Å². The number of hydrogen-bond acceptors (Lipinski definition) is 3. The molecule has 3 rings (SSSR count). The molecule has 1 aliphatic heterocycles. The molecular formula is C15H18N2O. The number of pyridine rings is 1. The molecule has 1 N–H and O–H groups in total. The number of fused-ring (bicyclic) bond motifs is 1. The van der Waals surface area contributed by atoms with E-state index >= 15 is 0 Å². The summed E-state index contributed by atoms with van der Waals surface area (Å²) < 4.78 is 5.60. The van der Waals surface area contributed by atoms with Gasteiger partial charge in [-0.05, 0) is 37.5 Å². The van der Waals surface area contributed by atoms with Gasteiger partial charge < -0.3 is 10.1 Å². The third kappa shape index (κ3) is 2.31. The smallest absolute Gasteiger partial charge is 0.127 e. The molecule has 94 valence electrons. The Morgan fingerprint density at radius 1 is 1.39 bits per heavy atom. The van der Waals surface area contributed by atoms with Gasteiger partial charge in [-0.2, -0.15) is 0 Å². The third-order valence-corrected chi connectivity index (χ3v) is 3.46. The van der Waals surface area contributed by atoms with E-state index in [1.165, 1.54) is 17.4 Å². The molecular weight excluding hydrogens is 224 g/mol. The number of aryl methyl sites for hydroxylation is 1. The predicted molar refractivity (Wildman–Crippen MR) is 73.9 cm³/mol. The molecule has 2 aromatic rings. The van der Waals surface area contributed by atoms with E-state index in [1.807, 2.05) is 6.07 Å². The molecule has 0 bridgehead atoms. The second-order valence-electron chi connectivity index (χ2n) is 4.86. The Labute approximate surface area is 107 Å². The number of benzene rings is 1. The Bertz CT molecular complexity index is 547. The van der Waals surface area contributed by atoms with Gasteiger partial charge in [0.25, 0.3) is 0 Å². The second-order valence-corrected chi connectivity index (χ2v) is 4.86. The molecule has 0 aliphatic carbocycles. The lowest BCUT2D eigenvalue weighted by atomic mass is 10.1. The highest BCUT2D eigenvalue weighted by molar-refractivity contribution is 5.83. The molecule has 0 spiro atoms. The zero-order valence-corrected chi connectivity index (χ0v) is 10.6. The molecule has 3 nitrogen and oxygen atoms in total. The van der Waals surface area contributed by atoms with E-state index in [0.717, 1.165) is 30.9 Å². The average Bonchev–Trinajstić information content (AvgIpc) is 2.90. The fourth-order valence-corrected chi connectivity index (χ4v) is 2.46. The summed E-state index contributed by atoms with van der Waals surface area (Å²) >= 11 is 0. The van der Waals surface area contributed by atoms with Crippen molar-refractivity contribution in [2.75, 3.05) is 18.5 Å². The van der Waals surface area contributed by atoms with E-state index in [4.69, 9.17) is 4.74 Å². The Morgan fingerprint density at radius 2 is 2.28 bits per heavy atom. The lowest BCUT2D eigenvalue weighted by Crippen LogP contribution is -2.19. The summed E-state index contributed by atoms with van der Waals surface area (Å²) in [5.41, 5.74) is 2.31. The van der Waals surface area contributed by atoms with Crippen LogP contribution in [0.15, 0.2) is 30.3 Å². The van der Waals surface area contributed by atoms with Crippen molar-refractivity contribution in [2.45, 2.75) is 25.9 Å². The number of hydrogen-bond donors (Lipinski definition) is 1. The molecule has 1 atom stereocenters. The molecule has 3 heteroatoms. The maximum Gasteiger partial charge on any atom is 0.127 e. The fraction of sp³-hybridized carbons (Fsp3) is 0.400. The number of aromatic nitrogens is 1. The van der Waals surface area contributed by atoms with Gasteiger partial charge in [-0.3, -0.25) is 0 Å². The van der Waals surface area contributed by atoms with Crippen LogP contribution in [0.5, 0.6) is 0 Å². The van der Waals surface area contributed by atoms with Gasteiger partial charge in [0, 0.05) is 18.5 Å². The number of nitrogens with one attached hydrogen (secondary N) is 1. The minimum atomic E-state index is 0.346. The van der Waals surface area contributed by atoms with E-state index < -0.39 is 0 Å². The maximum atomic E-state index is 5.60. The summed E-state index contributed by atoms with van der Waals surface area (Å²) in [7, 11) is 0. The van der Waals surface area contributed by atoms with Crippen molar-refractivity contribution >= 4 is 16.7 Å². The molecule has 18 heavy (non-hydrogen) atoms. The minimum Gasteiger partial charge on any atom is -0.376 e. The fourth-order valence-electron chi connectivity index (χ4n) is 2.46. The Morgan fingerprint density at radius 3 is 3.11 bits per heavy atom. The van der Waals surface area contributed by atoms with Gasteiger partial charge in [-0.15, -0.1) is 0 Å². The molecule has 0 saturated carbocycles. The predicted octanol–water partition coefficient (Wildman–Crippen LogP) is 3.13. The Hall–Kier alpha value is -1.61. The van der Waals surface area contributed by atoms with Crippen molar-refractivity contribution in [1.82, 2.24) is 4.98 Å². The van der Waals surface area contributed by atoms with Gasteiger partial charge in [0.1, 0.15) is 5.82 Å². The average molecular weight is 242 g/mol. The summed E-state index contributed by atoms with van der Waals surface area (Å²) in [4.78, 5) is 4.63. The first-order valence-electron chi connectivity index (χ1n) is 6.55. The van der Waals surface area contributed by atoms with E-state index in [0.29, 0.717) is 6.10 Å². The first-order chi connectivity index (χ1) is 8.83. The molecule has 0 amide bonds. The number of rotatable bonds is 3. The maximum absolute atomic E-state index is 5.60. The molecule has 2 heterocycles. The van der Waals surface area contributed by atoms with Crippen LogP contribution >= 0.6 is 0 Å². The van der Waals surface area contributed by atoms with Gasteiger partial charge in [0.05, 0.1) is 11.6 Å². The largest absolute Gasteiger partial charge is 0.376 e. The zero-order valence-electron chi connectivity index (χ0n) is 10.6. The van der Waals surface area contributed by atoms with Crippen LogP contribution in [0.3, 0.4) is 0 Å². The van der Waals surface area contributed by atoms with E-state index in [9.17, 15) is 0 Å². The molecule has 1 aromatic carbocycles. The Kier molecular flexibility index (Phi) is 3.15. The normalized spacial score (nSPS) is 19.3. The highest BCUT2D eigenvalue weighted by Crippen LogP contribution is 2.20. The molecule has 1 saturated heterocycles. The standard InChI is InChI=1S/C15H18N2O/c1-11-9-15(16-10-12-5-4-8-18-12)17-14-7-3-2-6-13(11)14/h2-3,6-7,9,12H,4-5,8,10H2,1H3,(H,16,17). The zero-order chi connectivity index (χ0) is 12.4. The van der Waals surface area contributed by atoms with Crippen LogP contribution in [-0.4, -0.2) is 24.2 Å². The molecule has 0 radical (unpaired) electrons. The van der Waals surface area contributed by atoms with E-state index in [1.54, 1.807) is 0 Å². The quantitative estimate of drug-likeness (QED) is 0.897. The SMILES string of the molecule is Cc1cc(NCC2CCCO2)nc2ccccc12. The monoisotopic (exact) mass is 242 g/mol. The van der Waals surface area contributed by atoms with Gasteiger partial charge >= 0.3 is 0 Å². The van der Waals surface area contributed by atoms with Crippen LogP contribution in [0.2, 0.25) is 0 Å². The van der Waals surface area contributed by atoms with Crippen LogP contribution in [0.25, 0.3) is 10.9 Å². The first-order valence-corrected chi connectivity index (χ1v) is 6.55. The summed E-state index contributed by atoms with van der Waals surface area (Å²) in [6, 6.07) is 10.4. The second kappa shape index (κ2) is 4.94. The van der Waals surface area contributed by atoms with Gasteiger partial charge in [-0.25, -0.2) is 4.98 Å². The summed E-state index contributed by atoms with van der Waals surface area (Å²) in [5.74, 6) is 0.946. The lowest BCUT2D eigenvalue weighted by molar-refractivity contribution is 0.120. The minimum absolute atomic E-state index is 0.346. The highest BCUT2D eigenvalue weighted by atomic mass is 16.5. The number of ether oxygens (including phenoxy) is 1. The number of para-hydroxylation sites is 1. The van der Waals surface area contributed by atoms with Crippen LogP contribution in [0.4, 0.5) is 5.82 Å². The highest BCUT2D eigenvalue weighted by Gasteiger charge is 2.15. The first kappa shape index (κ1) is 11.5. The van der Waals surface area contributed by atoms with Crippen molar-refractivity contribution in [3.63, 3.8) is 0 Å². The van der Waals surface area contributed by atoms with Crippen molar-refractivity contribution < 1.29 is 4.74 Å². The van der Waals surface area contributed by atoms with Crippen LogP contribution in [0, 0.1) is 6.92 Å². The molecule has 1 unspecified atom stereocenters. The van der Waals surface area contributed by atoms with Gasteiger partial charge in [0.15, 0.2) is 0 Å². The summed E-state index contributed by atoms with van der Waals surface area (Å²) in [6.45, 7) is 3.88. The summed E-state index contributed by atoms with van der Waals surface area (Å²) in [5, 5.41) is 4.61. The lowest BCUT2D eigenvalue weighted by Gasteiger charge is -2.12. The van der Waals surface area contributed by atoms with Gasteiger partial charge in [0.2, 0.25) is 0 Å². The Balaban J connectivity index is 1.79. The van der Waals surface area contributed by atoms with Crippen molar-refractivity contribution in [2.24, 2.45) is 0 Å². The van der Waals surface area contributed by atoms with Crippen LogP contribution in [-0.2, 0) is 4.74 Å². The topological polar surface area (TPSA) is 34.1 Å². The molecule has 1 aromatic heterocycles. The van der Waals surface area contributed by atoms with Crippen molar-refractivity contribution in [3.05, 3.63) is 35.9 Å². The van der Waals surface area contributed by atoms with E-state index in [-0.39, 0.29) is 0 Å². The third-order valence-electron chi connectivity index (χ3n) is 3.46. The number of nitrogens with zero attached hydrogens (tertiary/aromatic N) is 1. The number of anilines is 1. The molecule has 1 aliphatic rings.